The summed E-state index contributed by atoms with van der Waals surface area (Å²) in [4.78, 5) is 19.5. The van der Waals surface area contributed by atoms with Crippen LogP contribution in [0.1, 0.15) is 16.1 Å². The van der Waals surface area contributed by atoms with Gasteiger partial charge in [0.1, 0.15) is 5.69 Å². The van der Waals surface area contributed by atoms with Gasteiger partial charge in [-0.2, -0.15) is 0 Å². The Kier molecular flexibility index (Phi) is 2.49. The van der Waals surface area contributed by atoms with Crippen molar-refractivity contribution in [3.05, 3.63) is 46.7 Å². The average molecular weight is 257 g/mol. The molecule has 0 radical (unpaired) electrons. The highest BCUT2D eigenvalue weighted by Gasteiger charge is 2.11. The fraction of sp³-hybridized carbons (Fsp3) is 0.0714. The lowest BCUT2D eigenvalue weighted by atomic mass is 10.0. The van der Waals surface area contributed by atoms with E-state index in [1.807, 2.05) is 25.1 Å². The maximum Gasteiger partial charge on any atom is 0.168 e. The molecule has 0 N–H and O–H groups in total. The molecule has 0 amide bonds. The molecule has 0 spiro atoms. The highest BCUT2D eigenvalue weighted by Crippen LogP contribution is 2.31. The normalized spacial score (nSPS) is 11.0. The van der Waals surface area contributed by atoms with Crippen LogP contribution < -0.4 is 0 Å². The molecule has 0 atom stereocenters. The first-order valence-electron chi connectivity index (χ1n) is 5.50. The highest BCUT2D eigenvalue weighted by atomic mass is 35.5. The van der Waals surface area contributed by atoms with Crippen molar-refractivity contribution in [2.45, 2.75) is 6.92 Å². The van der Waals surface area contributed by atoms with Crippen LogP contribution in [0.3, 0.4) is 0 Å². The third-order valence-corrected chi connectivity index (χ3v) is 3.24. The monoisotopic (exact) mass is 256 g/mol. The molecule has 0 saturated carbocycles. The Morgan fingerprint density at radius 1 is 1.28 bits per heavy atom. The van der Waals surface area contributed by atoms with Crippen LogP contribution in [0.25, 0.3) is 21.8 Å². The number of carbonyl (C=O) groups excluding carboxylic acids is 1. The minimum Gasteiger partial charge on any atom is -0.296 e. The maximum absolute atomic E-state index is 10.9. The molecule has 2 aromatic heterocycles. The summed E-state index contributed by atoms with van der Waals surface area (Å²) in [5, 5.41) is 2.38. The highest BCUT2D eigenvalue weighted by molar-refractivity contribution is 6.36. The van der Waals surface area contributed by atoms with Gasteiger partial charge in [-0.1, -0.05) is 17.7 Å². The summed E-state index contributed by atoms with van der Waals surface area (Å²) < 4.78 is 0. The van der Waals surface area contributed by atoms with Crippen LogP contribution in [0, 0.1) is 6.92 Å². The second-order valence-corrected chi connectivity index (χ2v) is 4.55. The van der Waals surface area contributed by atoms with Crippen LogP contribution in [0.4, 0.5) is 0 Å². The van der Waals surface area contributed by atoms with Crippen molar-refractivity contribution in [1.29, 1.82) is 0 Å². The molecule has 88 valence electrons. The van der Waals surface area contributed by atoms with Crippen LogP contribution in [0.5, 0.6) is 0 Å². The quantitative estimate of drug-likeness (QED) is 0.494. The molecule has 0 fully saturated rings. The van der Waals surface area contributed by atoms with E-state index in [2.05, 4.69) is 9.97 Å². The summed E-state index contributed by atoms with van der Waals surface area (Å²) in [5.41, 5.74) is 2.80. The molecule has 0 unspecified atom stereocenters. The zero-order valence-corrected chi connectivity index (χ0v) is 10.4. The molecule has 4 heteroatoms. The summed E-state index contributed by atoms with van der Waals surface area (Å²) in [6, 6.07) is 7.45. The molecule has 3 nitrogen and oxygen atoms in total. The summed E-state index contributed by atoms with van der Waals surface area (Å²) >= 11 is 6.22. The maximum atomic E-state index is 10.9. The Bertz CT molecular complexity index is 783. The van der Waals surface area contributed by atoms with Crippen LogP contribution in [-0.2, 0) is 0 Å². The van der Waals surface area contributed by atoms with Gasteiger partial charge in [-0.15, -0.1) is 0 Å². The summed E-state index contributed by atoms with van der Waals surface area (Å²) in [7, 11) is 0. The van der Waals surface area contributed by atoms with E-state index < -0.39 is 0 Å². The van der Waals surface area contributed by atoms with E-state index in [9.17, 15) is 4.79 Å². The first-order chi connectivity index (χ1) is 8.70. The van der Waals surface area contributed by atoms with Crippen LogP contribution in [0.2, 0.25) is 5.02 Å². The molecule has 0 bridgehead atoms. The van der Waals surface area contributed by atoms with Crippen molar-refractivity contribution in [3.63, 3.8) is 0 Å². The molecule has 1 aromatic carbocycles. The van der Waals surface area contributed by atoms with Crippen LogP contribution in [-0.4, -0.2) is 16.3 Å². The van der Waals surface area contributed by atoms with Gasteiger partial charge in [0.05, 0.1) is 16.1 Å². The molecular formula is C14H9ClN2O. The Balaban J connectivity index is 2.61. The van der Waals surface area contributed by atoms with Crippen LogP contribution >= 0.6 is 11.6 Å². The number of halogens is 1. The Morgan fingerprint density at radius 2 is 2.11 bits per heavy atom. The Hall–Kier alpha value is -2.00. The van der Waals surface area contributed by atoms with Crippen molar-refractivity contribution in [2.75, 3.05) is 0 Å². The zero-order chi connectivity index (χ0) is 12.7. The van der Waals surface area contributed by atoms with Crippen molar-refractivity contribution in [3.8, 4) is 0 Å². The third-order valence-electron chi connectivity index (χ3n) is 2.94. The van der Waals surface area contributed by atoms with E-state index in [4.69, 9.17) is 11.6 Å². The number of aryl methyl sites for hydroxylation is 1. The SMILES string of the molecule is Cc1cc2cccnc2c2nc(C=O)cc(Cl)c12. The predicted octanol–water partition coefficient (Wildman–Crippen LogP) is 3.56. The molecule has 0 aliphatic heterocycles. The Labute approximate surface area is 108 Å². The van der Waals surface area contributed by atoms with E-state index in [0.717, 1.165) is 21.9 Å². The number of benzene rings is 1. The molecule has 0 saturated heterocycles. The summed E-state index contributed by atoms with van der Waals surface area (Å²) in [5.74, 6) is 0. The fourth-order valence-electron chi connectivity index (χ4n) is 2.18. The molecular weight excluding hydrogens is 248 g/mol. The molecule has 3 rings (SSSR count). The molecule has 18 heavy (non-hydrogen) atoms. The number of pyridine rings is 2. The van der Waals surface area contributed by atoms with Crippen molar-refractivity contribution >= 4 is 39.7 Å². The second kappa shape index (κ2) is 4.03. The molecule has 0 aliphatic carbocycles. The first-order valence-corrected chi connectivity index (χ1v) is 5.88. The minimum atomic E-state index is 0.324. The summed E-state index contributed by atoms with van der Waals surface area (Å²) in [6.45, 7) is 1.98. The standard InChI is InChI=1S/C14H9ClN2O/c1-8-5-9-3-2-4-16-13(9)14-12(8)11(15)6-10(7-18)17-14/h2-7H,1H3. The number of aromatic nitrogens is 2. The van der Waals surface area contributed by atoms with Gasteiger partial charge in [-0.3, -0.25) is 9.78 Å². The number of nitrogens with zero attached hydrogens (tertiary/aromatic N) is 2. The van der Waals surface area contributed by atoms with Gasteiger partial charge < -0.3 is 0 Å². The van der Waals surface area contributed by atoms with E-state index in [0.29, 0.717) is 22.5 Å². The lowest BCUT2D eigenvalue weighted by Gasteiger charge is -2.08. The Morgan fingerprint density at radius 3 is 2.89 bits per heavy atom. The van der Waals surface area contributed by atoms with Crippen molar-refractivity contribution < 1.29 is 4.79 Å². The van der Waals surface area contributed by atoms with Crippen LogP contribution in [0.15, 0.2) is 30.5 Å². The largest absolute Gasteiger partial charge is 0.296 e. The topological polar surface area (TPSA) is 42.9 Å². The fourth-order valence-corrected chi connectivity index (χ4v) is 2.53. The van der Waals surface area contributed by atoms with E-state index >= 15 is 0 Å². The number of hydrogen-bond acceptors (Lipinski definition) is 3. The number of hydrogen-bond donors (Lipinski definition) is 0. The van der Waals surface area contributed by atoms with Gasteiger partial charge in [0.25, 0.3) is 0 Å². The average Bonchev–Trinajstić information content (AvgIpc) is 2.38. The van der Waals surface area contributed by atoms with Gasteiger partial charge in [0.15, 0.2) is 6.29 Å². The molecule has 3 aromatic rings. The van der Waals surface area contributed by atoms with E-state index in [1.54, 1.807) is 12.3 Å². The van der Waals surface area contributed by atoms with Gasteiger partial charge in [0, 0.05) is 17.0 Å². The minimum absolute atomic E-state index is 0.324. The number of aldehydes is 1. The van der Waals surface area contributed by atoms with Crippen molar-refractivity contribution in [1.82, 2.24) is 9.97 Å². The van der Waals surface area contributed by atoms with Gasteiger partial charge >= 0.3 is 0 Å². The second-order valence-electron chi connectivity index (χ2n) is 4.14. The van der Waals surface area contributed by atoms with Gasteiger partial charge in [-0.25, -0.2) is 4.98 Å². The first kappa shape index (κ1) is 11.1. The predicted molar refractivity (Wildman–Crippen MR) is 72.2 cm³/mol. The number of carbonyl (C=O) groups is 1. The number of fused-ring (bicyclic) bond motifs is 3. The summed E-state index contributed by atoms with van der Waals surface area (Å²) in [6.07, 6.45) is 2.41. The lowest BCUT2D eigenvalue weighted by Crippen LogP contribution is -1.93. The van der Waals surface area contributed by atoms with E-state index in [1.165, 1.54) is 0 Å². The lowest BCUT2D eigenvalue weighted by molar-refractivity contribution is 0.111. The number of rotatable bonds is 1. The molecule has 2 heterocycles. The smallest absolute Gasteiger partial charge is 0.168 e. The van der Waals surface area contributed by atoms with Gasteiger partial charge in [0.2, 0.25) is 0 Å². The van der Waals surface area contributed by atoms with Gasteiger partial charge in [-0.05, 0) is 30.7 Å². The zero-order valence-electron chi connectivity index (χ0n) is 9.64. The van der Waals surface area contributed by atoms with E-state index in [-0.39, 0.29) is 0 Å². The molecule has 0 aliphatic rings. The third kappa shape index (κ3) is 1.56. The van der Waals surface area contributed by atoms with Crippen molar-refractivity contribution in [2.24, 2.45) is 0 Å².